The smallest absolute Gasteiger partial charge is 0.164 e. The number of benzene rings is 4. The second-order valence-corrected chi connectivity index (χ2v) is 14.2. The quantitative estimate of drug-likeness (QED) is 0.132. The van der Waals surface area contributed by atoms with Crippen molar-refractivity contribution in [3.63, 3.8) is 0 Å². The second kappa shape index (κ2) is 18.0. The van der Waals surface area contributed by atoms with E-state index < -0.39 is 48.5 Å². The zero-order valence-electron chi connectivity index (χ0n) is 30.4. The summed E-state index contributed by atoms with van der Waals surface area (Å²) < 4.78 is 52.6. The zero-order chi connectivity index (χ0) is 36.5. The van der Waals surface area contributed by atoms with Gasteiger partial charge in [0.05, 0.1) is 51.5 Å². The van der Waals surface area contributed by atoms with Crippen LogP contribution in [0.25, 0.3) is 0 Å². The maximum absolute atomic E-state index is 10.3. The summed E-state index contributed by atoms with van der Waals surface area (Å²) in [7, 11) is 0. The molecule has 0 aliphatic carbocycles. The van der Waals surface area contributed by atoms with E-state index in [1.54, 1.807) is 0 Å². The number of ether oxygens (including phenoxy) is 8. The Bertz CT molecular complexity index is 1700. The summed E-state index contributed by atoms with van der Waals surface area (Å²) >= 11 is 0. The van der Waals surface area contributed by atoms with Crippen molar-refractivity contribution in [1.29, 1.82) is 0 Å². The summed E-state index contributed by atoms with van der Waals surface area (Å²) in [6, 6.07) is 40.4. The van der Waals surface area contributed by atoms with Crippen LogP contribution in [0.15, 0.2) is 133 Å². The molecular formula is C44H50O9. The molecule has 1 N–H and O–H groups in total. The van der Waals surface area contributed by atoms with Crippen molar-refractivity contribution in [2.75, 3.05) is 13.2 Å². The lowest BCUT2D eigenvalue weighted by Crippen LogP contribution is -2.61. The molecule has 0 saturated carbocycles. The Balaban J connectivity index is 1.21. The van der Waals surface area contributed by atoms with Gasteiger partial charge in [-0.15, -0.1) is 0 Å². The fraction of sp³-hybridized carbons (Fsp3) is 0.409. The fourth-order valence-electron chi connectivity index (χ4n) is 7.22. The Hall–Kier alpha value is -3.90. The van der Waals surface area contributed by atoms with Crippen molar-refractivity contribution >= 4 is 0 Å². The molecule has 9 heteroatoms. The first-order valence-electron chi connectivity index (χ1n) is 18.5. The summed E-state index contributed by atoms with van der Waals surface area (Å²) in [5.41, 5.74) is 4.16. The van der Waals surface area contributed by atoms with Crippen LogP contribution in [0.4, 0.5) is 0 Å². The van der Waals surface area contributed by atoms with E-state index >= 15 is 0 Å². The monoisotopic (exact) mass is 722 g/mol. The van der Waals surface area contributed by atoms with E-state index in [1.807, 2.05) is 141 Å². The summed E-state index contributed by atoms with van der Waals surface area (Å²) in [6.07, 6.45) is -1.82. The molecule has 2 fully saturated rings. The molecule has 4 aromatic rings. The SMILES string of the molecule is CC1(C)O[C@@H]2[C@@H](C=C(C[C@H]3O[C@H](COCc4ccccc4)[C@@H](OCc4ccccc4)[C@H](OCc4ccccc4)[C@@H]3OCc3ccccc3)O[C@@H]2CO)O1. The first kappa shape index (κ1) is 37.4. The molecule has 3 heterocycles. The van der Waals surface area contributed by atoms with Crippen molar-refractivity contribution in [3.8, 4) is 0 Å². The summed E-state index contributed by atoms with van der Waals surface area (Å²) in [6.45, 7) is 5.25. The molecule has 280 valence electrons. The highest BCUT2D eigenvalue weighted by Crippen LogP contribution is 2.39. The first-order valence-corrected chi connectivity index (χ1v) is 18.5. The third-order valence-corrected chi connectivity index (χ3v) is 9.74. The Morgan fingerprint density at radius 2 is 1.04 bits per heavy atom. The highest BCUT2D eigenvalue weighted by molar-refractivity contribution is 5.18. The zero-order valence-corrected chi connectivity index (χ0v) is 30.4. The van der Waals surface area contributed by atoms with Gasteiger partial charge in [0.1, 0.15) is 36.6 Å². The number of hydrogen-bond acceptors (Lipinski definition) is 9. The molecule has 4 aromatic carbocycles. The lowest BCUT2D eigenvalue weighted by molar-refractivity contribution is -0.273. The van der Waals surface area contributed by atoms with Crippen molar-refractivity contribution in [2.45, 2.75) is 101 Å². The van der Waals surface area contributed by atoms with Crippen LogP contribution < -0.4 is 0 Å². The largest absolute Gasteiger partial charge is 0.490 e. The van der Waals surface area contributed by atoms with Gasteiger partial charge in [-0.05, 0) is 42.2 Å². The van der Waals surface area contributed by atoms with Crippen molar-refractivity contribution < 1.29 is 43.0 Å². The fourth-order valence-corrected chi connectivity index (χ4v) is 7.22. The Morgan fingerprint density at radius 1 is 0.566 bits per heavy atom. The Labute approximate surface area is 312 Å². The van der Waals surface area contributed by atoms with Gasteiger partial charge in [0.15, 0.2) is 11.9 Å². The predicted octanol–water partition coefficient (Wildman–Crippen LogP) is 6.91. The molecule has 0 aromatic heterocycles. The van der Waals surface area contributed by atoms with Crippen LogP contribution in [0.5, 0.6) is 0 Å². The lowest BCUT2D eigenvalue weighted by Gasteiger charge is -2.47. The van der Waals surface area contributed by atoms with Crippen molar-refractivity contribution in [3.05, 3.63) is 155 Å². The van der Waals surface area contributed by atoms with Gasteiger partial charge in [0.2, 0.25) is 0 Å². The topological polar surface area (TPSA) is 94.1 Å². The van der Waals surface area contributed by atoms with E-state index in [4.69, 9.17) is 37.9 Å². The molecular weight excluding hydrogens is 672 g/mol. The van der Waals surface area contributed by atoms with Gasteiger partial charge in [-0.3, -0.25) is 0 Å². The third-order valence-electron chi connectivity index (χ3n) is 9.74. The molecule has 53 heavy (non-hydrogen) atoms. The van der Waals surface area contributed by atoms with Crippen LogP contribution in [0.2, 0.25) is 0 Å². The van der Waals surface area contributed by atoms with E-state index in [2.05, 4.69) is 0 Å². The third kappa shape index (κ3) is 10.0. The highest BCUT2D eigenvalue weighted by atomic mass is 16.8. The highest BCUT2D eigenvalue weighted by Gasteiger charge is 2.51. The van der Waals surface area contributed by atoms with E-state index in [1.165, 1.54) is 0 Å². The number of aliphatic hydroxyl groups excluding tert-OH is 1. The Morgan fingerprint density at radius 3 is 1.55 bits per heavy atom. The standard InChI is InChI=1S/C44H50O9/c1-44(2)52-37-24-35(50-38(25-45)40(37)53-44)23-36-41(47-27-32-17-9-4-10-18-32)43(49-29-34-21-13-6-14-22-34)42(48-28-33-19-11-5-12-20-33)39(51-36)30-46-26-31-15-7-3-8-16-31/h3-22,24,36-43,45H,23,25-30H2,1-2H3/t36-,37-,38-,39-,40-,41-,42-,43-/m1/s1. The van der Waals surface area contributed by atoms with Crippen LogP contribution in [0.3, 0.4) is 0 Å². The predicted molar refractivity (Wildman–Crippen MR) is 198 cm³/mol. The van der Waals surface area contributed by atoms with Gasteiger partial charge < -0.3 is 43.0 Å². The van der Waals surface area contributed by atoms with E-state index in [-0.39, 0.29) is 19.3 Å². The second-order valence-electron chi connectivity index (χ2n) is 14.2. The molecule has 9 nitrogen and oxygen atoms in total. The molecule has 0 unspecified atom stereocenters. The minimum Gasteiger partial charge on any atom is -0.490 e. The van der Waals surface area contributed by atoms with Crippen LogP contribution >= 0.6 is 0 Å². The molecule has 0 bridgehead atoms. The lowest BCUT2D eigenvalue weighted by atomic mass is 9.91. The maximum Gasteiger partial charge on any atom is 0.164 e. The summed E-state index contributed by atoms with van der Waals surface area (Å²) in [4.78, 5) is 0. The molecule has 0 spiro atoms. The molecule has 0 amide bonds. The number of aliphatic hydroxyl groups is 1. The van der Waals surface area contributed by atoms with Gasteiger partial charge >= 0.3 is 0 Å². The molecule has 8 atom stereocenters. The van der Waals surface area contributed by atoms with Gasteiger partial charge in [-0.25, -0.2) is 0 Å². The van der Waals surface area contributed by atoms with Gasteiger partial charge in [-0.2, -0.15) is 0 Å². The molecule has 2 saturated heterocycles. The maximum atomic E-state index is 10.3. The van der Waals surface area contributed by atoms with Crippen molar-refractivity contribution in [1.82, 2.24) is 0 Å². The average molecular weight is 723 g/mol. The number of rotatable bonds is 16. The molecule has 0 radical (unpaired) electrons. The van der Waals surface area contributed by atoms with Gasteiger partial charge in [0, 0.05) is 6.42 Å². The van der Waals surface area contributed by atoms with Crippen LogP contribution in [-0.4, -0.2) is 72.9 Å². The van der Waals surface area contributed by atoms with Crippen LogP contribution in [-0.2, 0) is 64.3 Å². The number of hydrogen-bond donors (Lipinski definition) is 1. The molecule has 3 aliphatic rings. The normalized spacial score (nSPS) is 27.8. The summed E-state index contributed by atoms with van der Waals surface area (Å²) in [5.74, 6) is -0.166. The van der Waals surface area contributed by atoms with E-state index in [0.717, 1.165) is 22.3 Å². The van der Waals surface area contributed by atoms with Crippen molar-refractivity contribution in [2.24, 2.45) is 0 Å². The molecule has 7 rings (SSSR count). The minimum absolute atomic E-state index is 0.217. The van der Waals surface area contributed by atoms with Gasteiger partial charge in [-0.1, -0.05) is 121 Å². The van der Waals surface area contributed by atoms with E-state index in [9.17, 15) is 5.11 Å². The molecule has 3 aliphatic heterocycles. The number of fused-ring (bicyclic) bond motifs is 1. The first-order chi connectivity index (χ1) is 25.9. The Kier molecular flexibility index (Phi) is 12.7. The van der Waals surface area contributed by atoms with E-state index in [0.29, 0.717) is 38.6 Å². The van der Waals surface area contributed by atoms with Gasteiger partial charge in [0.25, 0.3) is 0 Å². The van der Waals surface area contributed by atoms with Crippen LogP contribution in [0, 0.1) is 0 Å². The average Bonchev–Trinajstić information content (AvgIpc) is 3.51. The minimum atomic E-state index is -0.804. The summed E-state index contributed by atoms with van der Waals surface area (Å²) in [5, 5.41) is 10.3. The van der Waals surface area contributed by atoms with Crippen LogP contribution in [0.1, 0.15) is 42.5 Å².